The molecule has 2 nitrogen and oxygen atoms in total. The number of benzene rings is 1. The molecule has 0 atom stereocenters. The Kier molecular flexibility index (Phi) is 4.56. The van der Waals surface area contributed by atoms with Crippen LogP contribution in [0.1, 0.15) is 37.0 Å². The van der Waals surface area contributed by atoms with Crippen molar-refractivity contribution in [1.29, 1.82) is 0 Å². The Bertz CT molecular complexity index is 372. The van der Waals surface area contributed by atoms with Crippen LogP contribution in [0.5, 0.6) is 0 Å². The summed E-state index contributed by atoms with van der Waals surface area (Å²) in [5, 5.41) is 0.00625. The van der Waals surface area contributed by atoms with E-state index in [-0.39, 0.29) is 10.9 Å². The molecule has 0 saturated carbocycles. The van der Waals surface area contributed by atoms with Crippen LogP contribution in [0.15, 0.2) is 29.2 Å². The molecular weight excluding hydrogens is 208 g/mol. The molecule has 0 aliphatic heterocycles. The van der Waals surface area contributed by atoms with Crippen LogP contribution < -0.4 is 0 Å². The second-order valence-electron chi connectivity index (χ2n) is 3.26. The highest BCUT2D eigenvalue weighted by Gasteiger charge is 2.11. The largest absolute Gasteiger partial charge is 0.294 e. The van der Waals surface area contributed by atoms with E-state index in [4.69, 9.17) is 0 Å². The summed E-state index contributed by atoms with van der Waals surface area (Å²) in [6.07, 6.45) is 1.37. The van der Waals surface area contributed by atoms with Crippen LogP contribution in [0.25, 0.3) is 0 Å². The molecule has 0 unspecified atom stereocenters. The average Bonchev–Trinajstić information content (AvgIpc) is 2.18. The van der Waals surface area contributed by atoms with Crippen molar-refractivity contribution in [2.24, 2.45) is 0 Å². The number of carbonyl (C=O) groups excluding carboxylic acids is 2. The molecule has 3 heteroatoms. The summed E-state index contributed by atoms with van der Waals surface area (Å²) in [4.78, 5) is 23.5. The summed E-state index contributed by atoms with van der Waals surface area (Å²) >= 11 is 1.12. The molecular formula is C12H14O2S. The number of carbonyl (C=O) groups is 2. The quantitative estimate of drug-likeness (QED) is 0.579. The maximum absolute atomic E-state index is 11.7. The fourth-order valence-electron chi connectivity index (χ4n) is 1.30. The fraction of sp³-hybridized carbons (Fsp3) is 0.333. The van der Waals surface area contributed by atoms with Gasteiger partial charge in [0.1, 0.15) is 0 Å². The van der Waals surface area contributed by atoms with Crippen molar-refractivity contribution in [3.8, 4) is 0 Å². The van der Waals surface area contributed by atoms with Crippen LogP contribution in [0, 0.1) is 0 Å². The van der Waals surface area contributed by atoms with Crippen molar-refractivity contribution < 1.29 is 9.59 Å². The average molecular weight is 222 g/mol. The summed E-state index contributed by atoms with van der Waals surface area (Å²) in [6.45, 7) is 3.48. The van der Waals surface area contributed by atoms with E-state index in [0.29, 0.717) is 12.0 Å². The number of rotatable bonds is 4. The Hall–Kier alpha value is -1.09. The van der Waals surface area contributed by atoms with Gasteiger partial charge in [-0.1, -0.05) is 36.9 Å². The molecule has 0 N–H and O–H groups in total. The topological polar surface area (TPSA) is 34.1 Å². The first-order valence-electron chi connectivity index (χ1n) is 4.95. The van der Waals surface area contributed by atoms with Crippen LogP contribution in [0.4, 0.5) is 0 Å². The Labute approximate surface area is 94.1 Å². The second kappa shape index (κ2) is 5.71. The maximum atomic E-state index is 11.7. The number of hydrogen-bond acceptors (Lipinski definition) is 3. The van der Waals surface area contributed by atoms with E-state index in [0.717, 1.165) is 23.1 Å². The minimum atomic E-state index is 0.00625. The minimum absolute atomic E-state index is 0.00625. The van der Waals surface area contributed by atoms with Gasteiger partial charge in [-0.2, -0.15) is 0 Å². The normalized spacial score (nSPS) is 10.0. The Morgan fingerprint density at radius 1 is 1.27 bits per heavy atom. The van der Waals surface area contributed by atoms with E-state index in [1.54, 1.807) is 6.07 Å². The van der Waals surface area contributed by atoms with Crippen molar-refractivity contribution >= 4 is 22.7 Å². The lowest BCUT2D eigenvalue weighted by atomic mass is 10.1. The maximum Gasteiger partial charge on any atom is 0.190 e. The molecule has 0 bridgehead atoms. The summed E-state index contributed by atoms with van der Waals surface area (Å²) < 4.78 is 0. The standard InChI is InChI=1S/C12H14O2S/c1-3-6-11(14)10-7-4-5-8-12(10)15-9(2)13/h4-5,7-8H,3,6H2,1-2H3. The van der Waals surface area contributed by atoms with Gasteiger partial charge in [-0.25, -0.2) is 0 Å². The van der Waals surface area contributed by atoms with Gasteiger partial charge in [0.2, 0.25) is 0 Å². The van der Waals surface area contributed by atoms with Gasteiger partial charge in [-0.05, 0) is 12.5 Å². The molecule has 0 aliphatic carbocycles. The molecule has 1 aromatic rings. The zero-order valence-corrected chi connectivity index (χ0v) is 9.76. The van der Waals surface area contributed by atoms with Gasteiger partial charge >= 0.3 is 0 Å². The van der Waals surface area contributed by atoms with E-state index in [1.165, 1.54) is 6.92 Å². The van der Waals surface area contributed by atoms with Crippen LogP contribution in [-0.4, -0.2) is 10.9 Å². The van der Waals surface area contributed by atoms with Gasteiger partial charge in [-0.3, -0.25) is 9.59 Å². The molecule has 0 spiro atoms. The second-order valence-corrected chi connectivity index (χ2v) is 4.48. The molecule has 0 amide bonds. The first-order valence-corrected chi connectivity index (χ1v) is 5.77. The predicted octanol–water partition coefficient (Wildman–Crippen LogP) is 3.31. The van der Waals surface area contributed by atoms with E-state index in [9.17, 15) is 9.59 Å². The van der Waals surface area contributed by atoms with E-state index >= 15 is 0 Å². The number of ketones is 1. The molecule has 0 radical (unpaired) electrons. The lowest BCUT2D eigenvalue weighted by Crippen LogP contribution is -2.00. The summed E-state index contributed by atoms with van der Waals surface area (Å²) in [6, 6.07) is 7.26. The minimum Gasteiger partial charge on any atom is -0.294 e. The Balaban J connectivity index is 2.95. The molecule has 0 aromatic heterocycles. The summed E-state index contributed by atoms with van der Waals surface area (Å²) in [5.74, 6) is 0.113. The molecule has 0 heterocycles. The van der Waals surface area contributed by atoms with Gasteiger partial charge in [0.25, 0.3) is 0 Å². The SMILES string of the molecule is CCCC(=O)c1ccccc1SC(C)=O. The molecule has 0 fully saturated rings. The highest BCUT2D eigenvalue weighted by Crippen LogP contribution is 2.24. The fourth-order valence-corrected chi connectivity index (χ4v) is 2.05. The van der Waals surface area contributed by atoms with Gasteiger partial charge in [-0.15, -0.1) is 0 Å². The molecule has 15 heavy (non-hydrogen) atoms. The Morgan fingerprint density at radius 2 is 1.93 bits per heavy atom. The highest BCUT2D eigenvalue weighted by molar-refractivity contribution is 8.13. The molecule has 80 valence electrons. The monoisotopic (exact) mass is 222 g/mol. The lowest BCUT2D eigenvalue weighted by molar-refractivity contribution is -0.109. The van der Waals surface area contributed by atoms with Gasteiger partial charge in [0.05, 0.1) is 0 Å². The first kappa shape index (κ1) is 12.0. The smallest absolute Gasteiger partial charge is 0.190 e. The third-order valence-corrected chi connectivity index (χ3v) is 2.78. The third-order valence-electron chi connectivity index (χ3n) is 1.92. The van der Waals surface area contributed by atoms with Crippen molar-refractivity contribution in [2.45, 2.75) is 31.6 Å². The zero-order valence-electron chi connectivity index (χ0n) is 8.95. The number of hydrogen-bond donors (Lipinski definition) is 0. The third kappa shape index (κ3) is 3.51. The van der Waals surface area contributed by atoms with Gasteiger partial charge in [0, 0.05) is 23.8 Å². The van der Waals surface area contributed by atoms with Gasteiger partial charge < -0.3 is 0 Å². The first-order chi connectivity index (χ1) is 7.15. The molecule has 0 saturated heterocycles. The molecule has 1 rings (SSSR count). The van der Waals surface area contributed by atoms with E-state index in [2.05, 4.69) is 0 Å². The lowest BCUT2D eigenvalue weighted by Gasteiger charge is -2.05. The Morgan fingerprint density at radius 3 is 2.53 bits per heavy atom. The van der Waals surface area contributed by atoms with Crippen molar-refractivity contribution in [1.82, 2.24) is 0 Å². The predicted molar refractivity (Wildman–Crippen MR) is 62.2 cm³/mol. The van der Waals surface area contributed by atoms with Gasteiger partial charge in [0.15, 0.2) is 10.9 Å². The van der Waals surface area contributed by atoms with Crippen LogP contribution >= 0.6 is 11.8 Å². The van der Waals surface area contributed by atoms with E-state index in [1.807, 2.05) is 25.1 Å². The van der Waals surface area contributed by atoms with Crippen LogP contribution in [0.2, 0.25) is 0 Å². The van der Waals surface area contributed by atoms with Crippen molar-refractivity contribution in [3.05, 3.63) is 29.8 Å². The van der Waals surface area contributed by atoms with Crippen molar-refractivity contribution in [2.75, 3.05) is 0 Å². The molecule has 0 aliphatic rings. The van der Waals surface area contributed by atoms with Crippen molar-refractivity contribution in [3.63, 3.8) is 0 Å². The number of Topliss-reactive ketones (excluding diaryl/α,β-unsaturated/α-hetero) is 1. The highest BCUT2D eigenvalue weighted by atomic mass is 32.2. The number of thioether (sulfide) groups is 1. The molecule has 1 aromatic carbocycles. The summed E-state index contributed by atoms with van der Waals surface area (Å²) in [5.41, 5.74) is 0.666. The van der Waals surface area contributed by atoms with Crippen LogP contribution in [0.3, 0.4) is 0 Å². The summed E-state index contributed by atoms with van der Waals surface area (Å²) in [7, 11) is 0. The van der Waals surface area contributed by atoms with E-state index < -0.39 is 0 Å². The zero-order chi connectivity index (χ0) is 11.3. The van der Waals surface area contributed by atoms with Crippen LogP contribution in [-0.2, 0) is 4.79 Å².